The molecule has 0 saturated heterocycles. The number of hydrogen-bond acceptors (Lipinski definition) is 3. The second-order valence-electron chi connectivity index (χ2n) is 8.59. The molecule has 0 bridgehead atoms. The first-order valence-electron chi connectivity index (χ1n) is 12.1. The molecule has 0 aliphatic carbocycles. The van der Waals surface area contributed by atoms with Gasteiger partial charge in [0.15, 0.2) is 5.62 Å². The minimum absolute atomic E-state index is 0.189. The van der Waals surface area contributed by atoms with Gasteiger partial charge in [-0.15, -0.1) is 0 Å². The summed E-state index contributed by atoms with van der Waals surface area (Å²) in [6, 6.07) is 0. The third-order valence-corrected chi connectivity index (χ3v) is 8.62. The molecule has 0 radical (unpaired) electrons. The Morgan fingerprint density at radius 3 is 1.31 bits per heavy atom. The zero-order valence-electron chi connectivity index (χ0n) is 19.0. The highest BCUT2D eigenvalue weighted by molar-refractivity contribution is 8.44. The standard InChI is InChI=1S/C24H48O4S/c1-2-3-4-5-6-7-8-9-10-11-12-13-14-15-16-17-18-19-20-29(22-25,23-26)21-24(27)28/h22,26H,2-21,23H2,1H3,(H,27,28). The Balaban J connectivity index is 3.35. The number of unbranched alkanes of at least 4 members (excludes halogenated alkanes) is 17. The summed E-state index contributed by atoms with van der Waals surface area (Å²) in [5.41, 5.74) is 0.717. The van der Waals surface area contributed by atoms with Crippen molar-refractivity contribution < 1.29 is 19.8 Å². The first-order chi connectivity index (χ1) is 14.1. The maximum absolute atomic E-state index is 11.2. The Morgan fingerprint density at radius 2 is 1.03 bits per heavy atom. The van der Waals surface area contributed by atoms with Gasteiger partial charge >= 0.3 is 5.97 Å². The summed E-state index contributed by atoms with van der Waals surface area (Å²) in [6.07, 6.45) is 23.6. The van der Waals surface area contributed by atoms with Crippen LogP contribution in [0, 0.1) is 0 Å². The van der Waals surface area contributed by atoms with Crippen molar-refractivity contribution in [3.05, 3.63) is 0 Å². The number of carboxylic acids is 1. The Kier molecular flexibility index (Phi) is 20.3. The first-order valence-corrected chi connectivity index (χ1v) is 14.3. The molecule has 0 heterocycles. The Hall–Kier alpha value is -0.550. The van der Waals surface area contributed by atoms with Crippen LogP contribution in [0.15, 0.2) is 0 Å². The van der Waals surface area contributed by atoms with Gasteiger partial charge in [0, 0.05) is 0 Å². The van der Waals surface area contributed by atoms with Crippen molar-refractivity contribution in [1.29, 1.82) is 0 Å². The van der Waals surface area contributed by atoms with Crippen LogP contribution in [0.5, 0.6) is 0 Å². The molecule has 0 spiro atoms. The van der Waals surface area contributed by atoms with Crippen molar-refractivity contribution in [2.45, 2.75) is 122 Å². The van der Waals surface area contributed by atoms with Gasteiger partial charge in [0.05, 0.1) is 11.7 Å². The van der Waals surface area contributed by atoms with Gasteiger partial charge < -0.3 is 10.2 Å². The average Bonchev–Trinajstić information content (AvgIpc) is 2.71. The fourth-order valence-corrected chi connectivity index (χ4v) is 5.69. The number of aliphatic hydroxyl groups is 1. The minimum atomic E-state index is -2.02. The lowest BCUT2D eigenvalue weighted by Crippen LogP contribution is -2.20. The molecular formula is C24H48O4S. The molecule has 4 nitrogen and oxygen atoms in total. The van der Waals surface area contributed by atoms with Crippen molar-refractivity contribution in [2.24, 2.45) is 0 Å². The van der Waals surface area contributed by atoms with Gasteiger partial charge in [0.2, 0.25) is 0 Å². The number of aliphatic hydroxyl groups excluding tert-OH is 1. The number of carbonyl (C=O) groups is 2. The third-order valence-electron chi connectivity index (χ3n) is 5.78. The lowest BCUT2D eigenvalue weighted by atomic mass is 10.0. The summed E-state index contributed by atoms with van der Waals surface area (Å²) < 4.78 is 0. The molecule has 0 aromatic carbocycles. The molecule has 0 aliphatic heterocycles. The summed E-state index contributed by atoms with van der Waals surface area (Å²) in [5.74, 6) is -0.908. The summed E-state index contributed by atoms with van der Waals surface area (Å²) >= 11 is 0. The van der Waals surface area contributed by atoms with Gasteiger partial charge in [-0.3, -0.25) is 9.59 Å². The van der Waals surface area contributed by atoms with Crippen LogP contribution < -0.4 is 0 Å². The van der Waals surface area contributed by atoms with E-state index in [1.54, 1.807) is 0 Å². The minimum Gasteiger partial charge on any atom is -0.481 e. The van der Waals surface area contributed by atoms with E-state index < -0.39 is 16.0 Å². The van der Waals surface area contributed by atoms with E-state index in [2.05, 4.69) is 6.92 Å². The number of hydrogen-bond donors (Lipinski definition) is 2. The largest absolute Gasteiger partial charge is 0.481 e. The Bertz CT molecular complexity index is 389. The van der Waals surface area contributed by atoms with Crippen LogP contribution in [-0.4, -0.2) is 39.2 Å². The van der Waals surface area contributed by atoms with Gasteiger partial charge in [-0.2, -0.15) is 10.0 Å². The van der Waals surface area contributed by atoms with Crippen LogP contribution in [0.2, 0.25) is 0 Å². The lowest BCUT2D eigenvalue weighted by molar-refractivity contribution is -0.134. The van der Waals surface area contributed by atoms with Crippen molar-refractivity contribution in [3.63, 3.8) is 0 Å². The average molecular weight is 433 g/mol. The summed E-state index contributed by atoms with van der Waals surface area (Å²) in [6.45, 7) is 2.27. The molecule has 0 aromatic heterocycles. The van der Waals surface area contributed by atoms with E-state index in [4.69, 9.17) is 5.11 Å². The van der Waals surface area contributed by atoms with Gasteiger partial charge in [0.25, 0.3) is 0 Å². The second kappa shape index (κ2) is 20.7. The monoisotopic (exact) mass is 432 g/mol. The van der Waals surface area contributed by atoms with E-state index in [0.29, 0.717) is 11.4 Å². The highest BCUT2D eigenvalue weighted by atomic mass is 32.3. The molecule has 1 unspecified atom stereocenters. The zero-order valence-corrected chi connectivity index (χ0v) is 19.9. The smallest absolute Gasteiger partial charge is 0.312 e. The van der Waals surface area contributed by atoms with E-state index in [1.165, 1.54) is 96.3 Å². The first kappa shape index (κ1) is 28.5. The molecule has 0 aliphatic rings. The normalized spacial score (nSPS) is 14.4. The van der Waals surface area contributed by atoms with Crippen LogP contribution in [0.1, 0.15) is 122 Å². The van der Waals surface area contributed by atoms with Crippen LogP contribution >= 0.6 is 10.0 Å². The molecular weight excluding hydrogens is 384 g/mol. The van der Waals surface area contributed by atoms with Gasteiger partial charge in [-0.25, -0.2) is 0 Å². The molecule has 0 saturated carbocycles. The van der Waals surface area contributed by atoms with E-state index in [-0.39, 0.29) is 11.7 Å². The van der Waals surface area contributed by atoms with Crippen molar-refractivity contribution in [1.82, 2.24) is 0 Å². The van der Waals surface area contributed by atoms with Crippen molar-refractivity contribution in [2.75, 3.05) is 17.4 Å². The molecule has 0 aromatic rings. The molecule has 2 N–H and O–H groups in total. The molecule has 29 heavy (non-hydrogen) atoms. The number of carbonyl (C=O) groups excluding carboxylic acids is 1. The number of carboxylic acid groups (broad SMARTS) is 1. The number of aliphatic carboxylic acids is 1. The quantitative estimate of drug-likeness (QED) is 0.134. The van der Waals surface area contributed by atoms with Crippen molar-refractivity contribution >= 4 is 21.6 Å². The van der Waals surface area contributed by atoms with Gasteiger partial charge in [-0.05, 0) is 12.2 Å². The topological polar surface area (TPSA) is 74.6 Å². The van der Waals surface area contributed by atoms with E-state index in [1.807, 2.05) is 0 Å². The second-order valence-corrected chi connectivity index (χ2v) is 12.0. The van der Waals surface area contributed by atoms with Crippen LogP contribution in [0.25, 0.3) is 0 Å². The SMILES string of the molecule is CCCCCCCCCCCCCCCCCCCCS(C=O)(CO)CC(=O)O. The zero-order chi connectivity index (χ0) is 21.6. The highest BCUT2D eigenvalue weighted by Gasteiger charge is 2.25. The third kappa shape index (κ3) is 18.0. The Morgan fingerprint density at radius 1 is 0.690 bits per heavy atom. The fraction of sp³-hybridized carbons (Fsp3) is 0.917. The molecule has 0 amide bonds. The van der Waals surface area contributed by atoms with E-state index in [9.17, 15) is 14.7 Å². The summed E-state index contributed by atoms with van der Waals surface area (Å²) in [4.78, 5) is 22.1. The number of rotatable bonds is 23. The predicted molar refractivity (Wildman–Crippen MR) is 128 cm³/mol. The molecule has 5 heteroatoms. The van der Waals surface area contributed by atoms with Crippen molar-refractivity contribution in [3.8, 4) is 0 Å². The summed E-state index contributed by atoms with van der Waals surface area (Å²) in [5, 5.41) is 18.3. The Labute approximate surface area is 181 Å². The lowest BCUT2D eigenvalue weighted by Gasteiger charge is -2.29. The molecule has 0 rings (SSSR count). The molecule has 0 fully saturated rings. The fourth-order valence-electron chi connectivity index (χ4n) is 3.83. The predicted octanol–water partition coefficient (Wildman–Crippen LogP) is 7.06. The van der Waals surface area contributed by atoms with Gasteiger partial charge in [-0.1, -0.05) is 116 Å². The van der Waals surface area contributed by atoms with Crippen LogP contribution in [-0.2, 0) is 9.59 Å². The van der Waals surface area contributed by atoms with E-state index in [0.717, 1.165) is 19.3 Å². The molecule has 174 valence electrons. The maximum atomic E-state index is 11.2. The highest BCUT2D eigenvalue weighted by Crippen LogP contribution is 2.44. The van der Waals surface area contributed by atoms with Crippen LogP contribution in [0.3, 0.4) is 0 Å². The maximum Gasteiger partial charge on any atom is 0.312 e. The van der Waals surface area contributed by atoms with E-state index >= 15 is 0 Å². The van der Waals surface area contributed by atoms with Gasteiger partial charge in [0.1, 0.15) is 0 Å². The summed E-state index contributed by atoms with van der Waals surface area (Å²) in [7, 11) is -2.02. The van der Waals surface area contributed by atoms with Crippen LogP contribution in [0.4, 0.5) is 0 Å². The molecule has 1 atom stereocenters.